The molecule has 9 heteroatoms. The van der Waals surface area contributed by atoms with Crippen molar-refractivity contribution >= 4 is 52.5 Å². The van der Waals surface area contributed by atoms with Crippen LogP contribution in [0, 0.1) is 0 Å². The maximum absolute atomic E-state index is 11.4. The van der Waals surface area contributed by atoms with Gasteiger partial charge in [-0.2, -0.15) is 11.8 Å². The summed E-state index contributed by atoms with van der Waals surface area (Å²) in [6.07, 6.45) is 2.46. The van der Waals surface area contributed by atoms with Crippen LogP contribution in [-0.2, 0) is 17.9 Å². The van der Waals surface area contributed by atoms with Crippen molar-refractivity contribution in [1.82, 2.24) is 5.32 Å². The Morgan fingerprint density at radius 2 is 1.86 bits per heavy atom. The topological polar surface area (TPSA) is 67.8 Å². The van der Waals surface area contributed by atoms with Gasteiger partial charge in [0.2, 0.25) is 0 Å². The van der Waals surface area contributed by atoms with Gasteiger partial charge in [-0.05, 0) is 42.2 Å². The molecule has 29 heavy (non-hydrogen) atoms. The third-order valence-electron chi connectivity index (χ3n) is 4.18. The lowest BCUT2D eigenvalue weighted by atomic mass is 10.1. The van der Waals surface area contributed by atoms with Crippen LogP contribution >= 0.6 is 46.6 Å². The third kappa shape index (κ3) is 7.15. The molecule has 5 nitrogen and oxygen atoms in total. The van der Waals surface area contributed by atoms with E-state index in [2.05, 4.69) is 5.32 Å². The first kappa shape index (κ1) is 24.0. The Morgan fingerprint density at radius 3 is 2.48 bits per heavy atom. The first-order valence-corrected chi connectivity index (χ1v) is 11.3. The highest BCUT2D eigenvalue weighted by Crippen LogP contribution is 2.34. The second-order valence-electron chi connectivity index (χ2n) is 6.17. The van der Waals surface area contributed by atoms with Gasteiger partial charge in [-0.3, -0.25) is 4.79 Å². The van der Waals surface area contributed by atoms with Gasteiger partial charge in [-0.25, -0.2) is 0 Å². The van der Waals surface area contributed by atoms with Crippen LogP contribution in [0.4, 0.5) is 0 Å². The number of carbonyl (C=O) groups is 1. The molecule has 2 aromatic carbocycles. The number of thioether (sulfide) groups is 1. The number of aliphatic carboxylic acids is 1. The van der Waals surface area contributed by atoms with Crippen molar-refractivity contribution in [3.05, 3.63) is 56.5 Å². The summed E-state index contributed by atoms with van der Waals surface area (Å²) in [5, 5.41) is 13.9. The molecule has 0 aliphatic heterocycles. The molecule has 1 unspecified atom stereocenters. The summed E-state index contributed by atoms with van der Waals surface area (Å²) in [4.78, 5) is 11.4. The highest BCUT2D eigenvalue weighted by molar-refractivity contribution is 7.98. The molecule has 1 atom stereocenters. The van der Waals surface area contributed by atoms with Gasteiger partial charge in [0.25, 0.3) is 0 Å². The number of ether oxygens (including phenoxy) is 2. The minimum absolute atomic E-state index is 0.218. The third-order valence-corrected chi connectivity index (χ3v) is 5.76. The van der Waals surface area contributed by atoms with Crippen LogP contribution in [0.25, 0.3) is 0 Å². The van der Waals surface area contributed by atoms with Crippen LogP contribution < -0.4 is 14.8 Å². The molecule has 2 rings (SSSR count). The lowest BCUT2D eigenvalue weighted by molar-refractivity contribution is -0.139. The quantitative estimate of drug-likeness (QED) is 0.442. The van der Waals surface area contributed by atoms with Crippen LogP contribution in [0.5, 0.6) is 11.5 Å². The molecule has 0 saturated heterocycles. The summed E-state index contributed by atoms with van der Waals surface area (Å²) < 4.78 is 11.2. The second-order valence-corrected chi connectivity index (χ2v) is 8.41. The average molecular weight is 479 g/mol. The number of nitrogens with one attached hydrogen (secondary N) is 1. The maximum Gasteiger partial charge on any atom is 0.320 e. The second kappa shape index (κ2) is 11.8. The fourth-order valence-electron chi connectivity index (χ4n) is 2.56. The molecular formula is C20H22Cl3NO4S. The number of carboxylic acid groups (broad SMARTS) is 1. The van der Waals surface area contributed by atoms with Crippen LogP contribution in [0.15, 0.2) is 30.3 Å². The largest absolute Gasteiger partial charge is 0.493 e. The first-order chi connectivity index (χ1) is 13.8. The molecule has 0 bridgehead atoms. The van der Waals surface area contributed by atoms with Gasteiger partial charge in [-0.1, -0.05) is 40.9 Å². The summed E-state index contributed by atoms with van der Waals surface area (Å²) in [5.41, 5.74) is 1.49. The van der Waals surface area contributed by atoms with E-state index >= 15 is 0 Å². The predicted molar refractivity (Wildman–Crippen MR) is 120 cm³/mol. The normalized spacial score (nSPS) is 11.9. The van der Waals surface area contributed by atoms with Crippen molar-refractivity contribution < 1.29 is 19.4 Å². The van der Waals surface area contributed by atoms with E-state index in [1.165, 1.54) is 7.11 Å². The number of benzene rings is 2. The smallest absolute Gasteiger partial charge is 0.320 e. The van der Waals surface area contributed by atoms with Crippen molar-refractivity contribution in [2.24, 2.45) is 0 Å². The van der Waals surface area contributed by atoms with Gasteiger partial charge in [0.05, 0.1) is 7.11 Å². The van der Waals surface area contributed by atoms with E-state index in [9.17, 15) is 9.90 Å². The Hall–Kier alpha value is -1.31. The molecule has 2 aromatic rings. The van der Waals surface area contributed by atoms with Crippen LogP contribution in [0.1, 0.15) is 17.5 Å². The van der Waals surface area contributed by atoms with Crippen molar-refractivity contribution in [1.29, 1.82) is 0 Å². The molecule has 0 heterocycles. The Balaban J connectivity index is 2.10. The van der Waals surface area contributed by atoms with Gasteiger partial charge < -0.3 is 19.9 Å². The summed E-state index contributed by atoms with van der Waals surface area (Å²) in [6, 6.07) is 7.92. The van der Waals surface area contributed by atoms with E-state index in [4.69, 9.17) is 44.3 Å². The molecule has 0 aliphatic carbocycles. The van der Waals surface area contributed by atoms with E-state index in [1.807, 2.05) is 6.26 Å². The number of hydrogen-bond donors (Lipinski definition) is 2. The van der Waals surface area contributed by atoms with E-state index in [1.54, 1.807) is 42.1 Å². The van der Waals surface area contributed by atoms with Crippen LogP contribution in [0.3, 0.4) is 0 Å². The minimum Gasteiger partial charge on any atom is -0.493 e. The number of hydrogen-bond acceptors (Lipinski definition) is 5. The Labute approximate surface area is 189 Å². The molecule has 0 fully saturated rings. The van der Waals surface area contributed by atoms with Gasteiger partial charge >= 0.3 is 5.97 Å². The Bertz CT molecular complexity index is 851. The summed E-state index contributed by atoms with van der Waals surface area (Å²) in [6.45, 7) is 0.514. The zero-order valence-corrected chi connectivity index (χ0v) is 19.1. The van der Waals surface area contributed by atoms with Gasteiger partial charge in [-0.15, -0.1) is 0 Å². The fourth-order valence-corrected chi connectivity index (χ4v) is 3.72. The van der Waals surface area contributed by atoms with Crippen molar-refractivity contribution in [3.8, 4) is 11.5 Å². The Morgan fingerprint density at radius 1 is 1.14 bits per heavy atom. The van der Waals surface area contributed by atoms with Gasteiger partial charge in [0.1, 0.15) is 12.6 Å². The van der Waals surface area contributed by atoms with E-state index in [0.29, 0.717) is 39.5 Å². The molecular weight excluding hydrogens is 457 g/mol. The van der Waals surface area contributed by atoms with Crippen LogP contribution in [-0.4, -0.2) is 36.2 Å². The van der Waals surface area contributed by atoms with E-state index in [0.717, 1.165) is 16.9 Å². The van der Waals surface area contributed by atoms with Crippen molar-refractivity contribution in [2.75, 3.05) is 19.1 Å². The fraction of sp³-hybridized carbons (Fsp3) is 0.350. The number of halogens is 3. The number of rotatable bonds is 11. The van der Waals surface area contributed by atoms with E-state index < -0.39 is 12.0 Å². The lowest BCUT2D eigenvalue weighted by Crippen LogP contribution is -2.36. The summed E-state index contributed by atoms with van der Waals surface area (Å²) >= 11 is 20.1. The lowest BCUT2D eigenvalue weighted by Gasteiger charge is -2.17. The highest BCUT2D eigenvalue weighted by atomic mass is 35.5. The Kier molecular flexibility index (Phi) is 9.72. The van der Waals surface area contributed by atoms with Crippen LogP contribution in [0.2, 0.25) is 15.1 Å². The molecule has 2 N–H and O–H groups in total. The predicted octanol–water partition coefficient (Wildman–Crippen LogP) is 5.53. The zero-order valence-electron chi connectivity index (χ0n) is 16.0. The molecule has 158 valence electrons. The number of carboxylic acids is 1. The SMILES string of the molecule is COc1cc(CNC(CCSC)C(=O)O)c(Cl)cc1OCc1ccc(Cl)cc1Cl. The summed E-state index contributed by atoms with van der Waals surface area (Å²) in [5.74, 6) is 0.819. The molecule has 0 amide bonds. The molecule has 0 aromatic heterocycles. The molecule has 0 spiro atoms. The minimum atomic E-state index is -0.887. The molecule has 0 aliphatic rings. The molecule has 0 saturated carbocycles. The van der Waals surface area contributed by atoms with Crippen molar-refractivity contribution in [2.45, 2.75) is 25.6 Å². The number of methoxy groups -OCH3 is 1. The van der Waals surface area contributed by atoms with Gasteiger partial charge in [0.15, 0.2) is 11.5 Å². The van der Waals surface area contributed by atoms with E-state index in [-0.39, 0.29) is 6.61 Å². The standard InChI is InChI=1S/C20H22Cl3NO4S/c1-27-18-7-13(10-24-17(20(25)26)5-6-29-2)16(23)9-19(18)28-11-12-3-4-14(21)8-15(12)22/h3-4,7-9,17,24H,5-6,10-11H2,1-2H3,(H,25,26). The maximum atomic E-state index is 11.4. The highest BCUT2D eigenvalue weighted by Gasteiger charge is 2.18. The summed E-state index contributed by atoms with van der Waals surface area (Å²) in [7, 11) is 1.53. The molecule has 0 radical (unpaired) electrons. The monoisotopic (exact) mass is 477 g/mol. The first-order valence-electron chi connectivity index (χ1n) is 8.74. The average Bonchev–Trinajstić information content (AvgIpc) is 2.68. The van der Waals surface area contributed by atoms with Gasteiger partial charge in [0, 0.05) is 33.2 Å². The zero-order chi connectivity index (χ0) is 21.4. The van der Waals surface area contributed by atoms with Crippen molar-refractivity contribution in [3.63, 3.8) is 0 Å².